The average Bonchev–Trinajstić information content (AvgIpc) is 3.04. The van der Waals surface area contributed by atoms with Crippen LogP contribution in [0.2, 0.25) is 0 Å². The van der Waals surface area contributed by atoms with Gasteiger partial charge in [-0.25, -0.2) is 8.42 Å². The van der Waals surface area contributed by atoms with Crippen LogP contribution in [-0.2, 0) is 14.8 Å². The van der Waals surface area contributed by atoms with E-state index >= 15 is 0 Å². The van der Waals surface area contributed by atoms with Crippen molar-refractivity contribution in [2.75, 3.05) is 26.3 Å². The fourth-order valence-electron chi connectivity index (χ4n) is 3.64. The monoisotopic (exact) mass is 374 g/mol. The van der Waals surface area contributed by atoms with Gasteiger partial charge < -0.3 is 9.47 Å². The number of sulfonamides is 1. The molecule has 4 rings (SSSR count). The van der Waals surface area contributed by atoms with E-state index in [9.17, 15) is 8.42 Å². The molecule has 1 aromatic carbocycles. The van der Waals surface area contributed by atoms with Gasteiger partial charge in [0.1, 0.15) is 11.4 Å². The summed E-state index contributed by atoms with van der Waals surface area (Å²) in [6, 6.07) is 10.7. The second-order valence-electron chi connectivity index (χ2n) is 6.99. The zero-order valence-corrected chi connectivity index (χ0v) is 15.5. The molecule has 0 amide bonds. The van der Waals surface area contributed by atoms with Crippen LogP contribution in [0.4, 0.5) is 0 Å². The smallest absolute Gasteiger partial charge is 0.243 e. The van der Waals surface area contributed by atoms with Crippen LogP contribution >= 0.6 is 0 Å². The van der Waals surface area contributed by atoms with Gasteiger partial charge in [-0.2, -0.15) is 4.31 Å². The first-order chi connectivity index (χ1) is 12.5. The van der Waals surface area contributed by atoms with Gasteiger partial charge in [0, 0.05) is 31.8 Å². The number of rotatable bonds is 5. The van der Waals surface area contributed by atoms with E-state index < -0.39 is 15.6 Å². The van der Waals surface area contributed by atoms with Crippen LogP contribution in [-0.4, -0.2) is 49.6 Å². The summed E-state index contributed by atoms with van der Waals surface area (Å²) in [4.78, 5) is 4.38. The van der Waals surface area contributed by atoms with E-state index in [1.165, 1.54) is 4.31 Å². The van der Waals surface area contributed by atoms with E-state index in [1.54, 1.807) is 30.6 Å². The van der Waals surface area contributed by atoms with Crippen LogP contribution in [0.15, 0.2) is 53.7 Å². The normalized spacial score (nSPS) is 22.3. The van der Waals surface area contributed by atoms with Gasteiger partial charge in [-0.05, 0) is 43.2 Å². The highest BCUT2D eigenvalue weighted by Gasteiger charge is 2.56. The van der Waals surface area contributed by atoms with Gasteiger partial charge in [0.25, 0.3) is 0 Å². The quantitative estimate of drug-likeness (QED) is 0.803. The lowest BCUT2D eigenvalue weighted by atomic mass is 9.83. The van der Waals surface area contributed by atoms with Crippen molar-refractivity contribution in [1.82, 2.24) is 9.29 Å². The molecule has 0 N–H and O–H groups in total. The first kappa shape index (κ1) is 17.5. The molecule has 1 aromatic heterocycles. The molecule has 0 aliphatic carbocycles. The molecule has 0 saturated carbocycles. The summed E-state index contributed by atoms with van der Waals surface area (Å²) in [5.41, 5.74) is 0.500. The highest BCUT2D eigenvalue weighted by atomic mass is 32.2. The lowest BCUT2D eigenvalue weighted by molar-refractivity contribution is -0.107. The largest absolute Gasteiger partial charge is 0.492 e. The summed E-state index contributed by atoms with van der Waals surface area (Å²) in [5.74, 6) is 0.893. The fourth-order valence-corrected chi connectivity index (χ4v) is 5.31. The first-order valence-corrected chi connectivity index (χ1v) is 10.2. The third kappa shape index (κ3) is 3.11. The second kappa shape index (κ2) is 6.64. The number of benzene rings is 1. The highest BCUT2D eigenvalue weighted by Crippen LogP contribution is 2.42. The third-order valence-electron chi connectivity index (χ3n) is 5.20. The Kier molecular flexibility index (Phi) is 4.46. The third-order valence-corrected chi connectivity index (χ3v) is 6.99. The van der Waals surface area contributed by atoms with Gasteiger partial charge in [-0.1, -0.05) is 12.1 Å². The molecule has 1 spiro atoms. The number of aryl methyl sites for hydroxylation is 1. The molecule has 0 radical (unpaired) electrons. The molecule has 2 fully saturated rings. The van der Waals surface area contributed by atoms with Crippen LogP contribution in [0.5, 0.6) is 5.75 Å². The Morgan fingerprint density at radius 1 is 1.31 bits per heavy atom. The van der Waals surface area contributed by atoms with Gasteiger partial charge in [-0.15, -0.1) is 0 Å². The maximum absolute atomic E-state index is 12.8. The summed E-state index contributed by atoms with van der Waals surface area (Å²) in [5, 5.41) is 0. The molecule has 1 atom stereocenters. The summed E-state index contributed by atoms with van der Waals surface area (Å²) in [6.45, 7) is 3.79. The molecule has 2 aromatic rings. The Morgan fingerprint density at radius 3 is 2.88 bits per heavy atom. The van der Waals surface area contributed by atoms with Crippen LogP contribution in [0.25, 0.3) is 0 Å². The van der Waals surface area contributed by atoms with Crippen LogP contribution < -0.4 is 4.74 Å². The Bertz CT molecular complexity index is 879. The van der Waals surface area contributed by atoms with E-state index in [0.717, 1.165) is 17.7 Å². The minimum absolute atomic E-state index is 0.173. The molecule has 7 heteroatoms. The summed E-state index contributed by atoms with van der Waals surface area (Å²) in [7, 11) is -3.48. The van der Waals surface area contributed by atoms with Crippen molar-refractivity contribution < 1.29 is 17.9 Å². The van der Waals surface area contributed by atoms with Crippen LogP contribution in [0.1, 0.15) is 12.0 Å². The molecule has 6 nitrogen and oxygen atoms in total. The summed E-state index contributed by atoms with van der Waals surface area (Å²) in [6.07, 6.45) is 4.25. The maximum atomic E-state index is 12.8. The van der Waals surface area contributed by atoms with Crippen molar-refractivity contribution in [1.29, 1.82) is 0 Å². The lowest BCUT2D eigenvalue weighted by Crippen LogP contribution is -2.66. The topological polar surface area (TPSA) is 68.7 Å². The van der Waals surface area contributed by atoms with E-state index in [-0.39, 0.29) is 5.92 Å². The number of hydrogen-bond acceptors (Lipinski definition) is 5. The van der Waals surface area contributed by atoms with Crippen LogP contribution in [0.3, 0.4) is 0 Å². The highest BCUT2D eigenvalue weighted by molar-refractivity contribution is 7.89. The molecule has 2 saturated heterocycles. The molecular weight excluding hydrogens is 352 g/mol. The number of aromatic nitrogens is 1. The van der Waals surface area contributed by atoms with E-state index in [1.807, 2.05) is 25.1 Å². The molecule has 3 heterocycles. The van der Waals surface area contributed by atoms with Crippen molar-refractivity contribution in [3.05, 3.63) is 54.4 Å². The lowest BCUT2D eigenvalue weighted by Gasteiger charge is -2.49. The number of ether oxygens (including phenoxy) is 2. The minimum Gasteiger partial charge on any atom is -0.492 e. The molecule has 26 heavy (non-hydrogen) atoms. The number of pyridine rings is 1. The zero-order chi connectivity index (χ0) is 18.2. The standard InChI is InChI=1S/C19H22N2O4S/c1-15-4-2-6-18(10-15)26(22,23)21-13-19(14-21)16(7-9-25-19)12-24-17-5-3-8-20-11-17/h2-6,8,10-11,16H,7,9,12-14H2,1H3/t16-/m1/s1. The Hall–Kier alpha value is -1.96. The summed E-state index contributed by atoms with van der Waals surface area (Å²) >= 11 is 0. The van der Waals surface area contributed by atoms with Crippen LogP contribution in [0, 0.1) is 12.8 Å². The van der Waals surface area contributed by atoms with E-state index in [2.05, 4.69) is 4.98 Å². The zero-order valence-electron chi connectivity index (χ0n) is 14.7. The molecule has 2 aliphatic rings. The van der Waals surface area contributed by atoms with Crippen molar-refractivity contribution in [2.45, 2.75) is 23.8 Å². The van der Waals surface area contributed by atoms with Crippen molar-refractivity contribution >= 4 is 10.0 Å². The predicted octanol–water partition coefficient (Wildman–Crippen LogP) is 2.25. The van der Waals surface area contributed by atoms with E-state index in [0.29, 0.717) is 31.2 Å². The van der Waals surface area contributed by atoms with Crippen molar-refractivity contribution in [2.24, 2.45) is 5.92 Å². The molecule has 138 valence electrons. The summed E-state index contributed by atoms with van der Waals surface area (Å²) < 4.78 is 38.9. The number of nitrogens with zero attached hydrogens (tertiary/aromatic N) is 2. The molecule has 0 bridgehead atoms. The fraction of sp³-hybridized carbons (Fsp3) is 0.421. The Labute approximate surface area is 153 Å². The van der Waals surface area contributed by atoms with Crippen molar-refractivity contribution in [3.63, 3.8) is 0 Å². The predicted molar refractivity (Wildman–Crippen MR) is 96.5 cm³/mol. The van der Waals surface area contributed by atoms with E-state index in [4.69, 9.17) is 9.47 Å². The maximum Gasteiger partial charge on any atom is 0.243 e. The number of hydrogen-bond donors (Lipinski definition) is 0. The second-order valence-corrected chi connectivity index (χ2v) is 8.93. The van der Waals surface area contributed by atoms with Gasteiger partial charge in [-0.3, -0.25) is 4.98 Å². The molecular formula is C19H22N2O4S. The Morgan fingerprint density at radius 2 is 2.15 bits per heavy atom. The Balaban J connectivity index is 1.43. The minimum atomic E-state index is -3.48. The molecule has 2 aliphatic heterocycles. The molecule has 0 unspecified atom stereocenters. The van der Waals surface area contributed by atoms with Gasteiger partial charge in [0.2, 0.25) is 10.0 Å². The first-order valence-electron chi connectivity index (χ1n) is 8.73. The SMILES string of the molecule is Cc1cccc(S(=O)(=O)N2CC3(C2)OCC[C@@H]3COc2cccnc2)c1. The van der Waals surface area contributed by atoms with Gasteiger partial charge >= 0.3 is 0 Å². The van der Waals surface area contributed by atoms with Gasteiger partial charge in [0.15, 0.2) is 0 Å². The van der Waals surface area contributed by atoms with Gasteiger partial charge in [0.05, 0.1) is 17.7 Å². The average molecular weight is 374 g/mol. The van der Waals surface area contributed by atoms with Crippen molar-refractivity contribution in [3.8, 4) is 5.75 Å².